The van der Waals surface area contributed by atoms with Crippen molar-refractivity contribution in [3.8, 4) is 5.75 Å². The Labute approximate surface area is 170 Å². The number of anilines is 1. The molecule has 0 saturated carbocycles. The van der Waals surface area contributed by atoms with Gasteiger partial charge in [-0.15, -0.1) is 0 Å². The Morgan fingerprint density at radius 2 is 1.59 bits per heavy atom. The summed E-state index contributed by atoms with van der Waals surface area (Å²) in [5.41, 5.74) is 4.27. The smallest absolute Gasteiger partial charge is 0.262 e. The van der Waals surface area contributed by atoms with Gasteiger partial charge in [-0.3, -0.25) is 9.59 Å². The first-order chi connectivity index (χ1) is 14.0. The zero-order chi connectivity index (χ0) is 20.6. The molecule has 2 N–H and O–H groups in total. The van der Waals surface area contributed by atoms with E-state index < -0.39 is 0 Å². The van der Waals surface area contributed by atoms with E-state index in [2.05, 4.69) is 10.6 Å². The van der Waals surface area contributed by atoms with Crippen LogP contribution in [0.1, 0.15) is 27.0 Å². The molecule has 0 fully saturated rings. The molecule has 0 atom stereocenters. The second kappa shape index (κ2) is 9.55. The fourth-order valence-corrected chi connectivity index (χ4v) is 2.87. The minimum atomic E-state index is -0.279. The fourth-order valence-electron chi connectivity index (χ4n) is 2.87. The zero-order valence-electron chi connectivity index (χ0n) is 16.6. The van der Waals surface area contributed by atoms with Crippen LogP contribution in [0.3, 0.4) is 0 Å². The Morgan fingerprint density at radius 3 is 2.38 bits per heavy atom. The van der Waals surface area contributed by atoms with E-state index in [-0.39, 0.29) is 18.4 Å². The van der Waals surface area contributed by atoms with Crippen molar-refractivity contribution in [2.45, 2.75) is 20.4 Å². The summed E-state index contributed by atoms with van der Waals surface area (Å²) in [5.74, 6) is -0.160. The molecular formula is C24H24N2O3. The molecule has 0 aromatic heterocycles. The number of rotatable bonds is 7. The van der Waals surface area contributed by atoms with E-state index in [9.17, 15) is 9.59 Å². The summed E-state index contributed by atoms with van der Waals surface area (Å²) >= 11 is 0. The van der Waals surface area contributed by atoms with Crippen LogP contribution in [0.4, 0.5) is 5.69 Å². The van der Waals surface area contributed by atoms with Crippen LogP contribution < -0.4 is 15.4 Å². The number of para-hydroxylation sites is 1. The van der Waals surface area contributed by atoms with Crippen molar-refractivity contribution in [3.63, 3.8) is 0 Å². The first-order valence-electron chi connectivity index (χ1n) is 9.44. The zero-order valence-corrected chi connectivity index (χ0v) is 16.6. The van der Waals surface area contributed by atoms with E-state index in [0.717, 1.165) is 22.4 Å². The van der Waals surface area contributed by atoms with Gasteiger partial charge >= 0.3 is 0 Å². The van der Waals surface area contributed by atoms with Crippen molar-refractivity contribution in [1.29, 1.82) is 0 Å². The summed E-state index contributed by atoms with van der Waals surface area (Å²) in [7, 11) is 0. The number of carbonyl (C=O) groups excluding carboxylic acids is 2. The van der Waals surface area contributed by atoms with Crippen LogP contribution in [0.2, 0.25) is 0 Å². The van der Waals surface area contributed by atoms with Gasteiger partial charge in [0.15, 0.2) is 6.61 Å². The highest BCUT2D eigenvalue weighted by atomic mass is 16.5. The molecular weight excluding hydrogens is 364 g/mol. The second-order valence-corrected chi connectivity index (χ2v) is 6.75. The van der Waals surface area contributed by atoms with Crippen molar-refractivity contribution in [2.75, 3.05) is 11.9 Å². The normalized spacial score (nSPS) is 10.3. The average molecular weight is 388 g/mol. The van der Waals surface area contributed by atoms with Crippen LogP contribution in [0.25, 0.3) is 0 Å². The standard InChI is InChI=1S/C24H24N2O3/c1-17-9-8-13-21(18(17)2)26-23(27)16-29-22-14-7-6-12-20(22)24(28)25-15-19-10-4-3-5-11-19/h3-14H,15-16H2,1-2H3,(H,25,28)(H,26,27). The molecule has 0 aliphatic carbocycles. The summed E-state index contributed by atoms with van der Waals surface area (Å²) in [6.45, 7) is 4.18. The van der Waals surface area contributed by atoms with Gasteiger partial charge in [0.2, 0.25) is 0 Å². The highest BCUT2D eigenvalue weighted by molar-refractivity contribution is 5.97. The lowest BCUT2D eigenvalue weighted by Crippen LogP contribution is -2.25. The van der Waals surface area contributed by atoms with Crippen molar-refractivity contribution in [3.05, 3.63) is 95.1 Å². The topological polar surface area (TPSA) is 67.4 Å². The number of hydrogen-bond acceptors (Lipinski definition) is 3. The largest absolute Gasteiger partial charge is 0.483 e. The third-order valence-corrected chi connectivity index (χ3v) is 4.67. The van der Waals surface area contributed by atoms with Gasteiger partial charge in [0.05, 0.1) is 5.56 Å². The van der Waals surface area contributed by atoms with Crippen molar-refractivity contribution in [1.82, 2.24) is 5.32 Å². The lowest BCUT2D eigenvalue weighted by Gasteiger charge is -2.13. The summed E-state index contributed by atoms with van der Waals surface area (Å²) in [6, 6.07) is 22.3. The van der Waals surface area contributed by atoms with Gasteiger partial charge in [-0.1, -0.05) is 54.6 Å². The Kier molecular flexibility index (Phi) is 6.63. The van der Waals surface area contributed by atoms with Gasteiger partial charge in [0.1, 0.15) is 5.75 Å². The molecule has 0 heterocycles. The molecule has 29 heavy (non-hydrogen) atoms. The van der Waals surface area contributed by atoms with Gasteiger partial charge < -0.3 is 15.4 Å². The van der Waals surface area contributed by atoms with Crippen molar-refractivity contribution < 1.29 is 14.3 Å². The molecule has 3 aromatic carbocycles. The lowest BCUT2D eigenvalue weighted by atomic mass is 10.1. The maximum atomic E-state index is 12.6. The predicted octanol–water partition coefficient (Wildman–Crippen LogP) is 4.25. The average Bonchev–Trinajstić information content (AvgIpc) is 2.75. The number of amides is 2. The molecule has 0 radical (unpaired) electrons. The lowest BCUT2D eigenvalue weighted by molar-refractivity contribution is -0.118. The molecule has 0 spiro atoms. The minimum Gasteiger partial charge on any atom is -0.483 e. The van der Waals surface area contributed by atoms with Gasteiger partial charge in [-0.2, -0.15) is 0 Å². The summed E-state index contributed by atoms with van der Waals surface area (Å²) in [5, 5.41) is 5.73. The number of aryl methyl sites for hydroxylation is 1. The highest BCUT2D eigenvalue weighted by Gasteiger charge is 2.14. The molecule has 0 aliphatic rings. The molecule has 3 aromatic rings. The van der Waals surface area contributed by atoms with Crippen LogP contribution in [0.5, 0.6) is 5.75 Å². The number of hydrogen-bond donors (Lipinski definition) is 2. The molecule has 0 bridgehead atoms. The van der Waals surface area contributed by atoms with E-state index in [1.165, 1.54) is 0 Å². The summed E-state index contributed by atoms with van der Waals surface area (Å²) < 4.78 is 5.64. The van der Waals surface area contributed by atoms with E-state index in [1.807, 2.05) is 62.4 Å². The van der Waals surface area contributed by atoms with E-state index >= 15 is 0 Å². The predicted molar refractivity (Wildman–Crippen MR) is 114 cm³/mol. The molecule has 0 unspecified atom stereocenters. The minimum absolute atomic E-state index is 0.184. The van der Waals surface area contributed by atoms with Crippen LogP contribution in [0.15, 0.2) is 72.8 Å². The SMILES string of the molecule is Cc1cccc(NC(=O)COc2ccccc2C(=O)NCc2ccccc2)c1C. The number of ether oxygens (including phenoxy) is 1. The Hall–Kier alpha value is -3.60. The van der Waals surface area contributed by atoms with Gasteiger partial charge in [0.25, 0.3) is 11.8 Å². The van der Waals surface area contributed by atoms with Crippen LogP contribution >= 0.6 is 0 Å². The first kappa shape index (κ1) is 20.1. The Bertz CT molecular complexity index is 1000. The molecule has 5 nitrogen and oxygen atoms in total. The molecule has 5 heteroatoms. The Balaban J connectivity index is 1.60. The monoisotopic (exact) mass is 388 g/mol. The van der Waals surface area contributed by atoms with Crippen LogP contribution in [-0.4, -0.2) is 18.4 Å². The molecule has 148 valence electrons. The second-order valence-electron chi connectivity index (χ2n) is 6.75. The maximum Gasteiger partial charge on any atom is 0.262 e. The van der Waals surface area contributed by atoms with Gasteiger partial charge in [-0.25, -0.2) is 0 Å². The summed E-state index contributed by atoms with van der Waals surface area (Å²) in [4.78, 5) is 24.9. The van der Waals surface area contributed by atoms with Gasteiger partial charge in [0, 0.05) is 12.2 Å². The number of nitrogens with one attached hydrogen (secondary N) is 2. The van der Waals surface area contributed by atoms with Crippen LogP contribution in [-0.2, 0) is 11.3 Å². The number of benzene rings is 3. The molecule has 2 amide bonds. The van der Waals surface area contributed by atoms with E-state index in [0.29, 0.717) is 17.9 Å². The van der Waals surface area contributed by atoms with E-state index in [1.54, 1.807) is 24.3 Å². The number of carbonyl (C=O) groups is 2. The fraction of sp³-hybridized carbons (Fsp3) is 0.167. The molecule has 3 rings (SSSR count). The molecule has 0 aliphatic heterocycles. The highest BCUT2D eigenvalue weighted by Crippen LogP contribution is 2.20. The van der Waals surface area contributed by atoms with E-state index in [4.69, 9.17) is 4.74 Å². The first-order valence-corrected chi connectivity index (χ1v) is 9.44. The van der Waals surface area contributed by atoms with Crippen molar-refractivity contribution in [2.24, 2.45) is 0 Å². The Morgan fingerprint density at radius 1 is 0.862 bits per heavy atom. The quantitative estimate of drug-likeness (QED) is 0.636. The third-order valence-electron chi connectivity index (χ3n) is 4.67. The van der Waals surface area contributed by atoms with Crippen molar-refractivity contribution >= 4 is 17.5 Å². The maximum absolute atomic E-state index is 12.6. The third kappa shape index (κ3) is 5.45. The van der Waals surface area contributed by atoms with Gasteiger partial charge in [-0.05, 0) is 48.7 Å². The van der Waals surface area contributed by atoms with Crippen LogP contribution in [0, 0.1) is 13.8 Å². The summed E-state index contributed by atoms with van der Waals surface area (Å²) in [6.07, 6.45) is 0. The molecule has 0 saturated heterocycles.